The fourth-order valence-corrected chi connectivity index (χ4v) is 9.92. The van der Waals surface area contributed by atoms with Gasteiger partial charge < -0.3 is 14.0 Å². The van der Waals surface area contributed by atoms with Gasteiger partial charge in [-0.15, -0.1) is 0 Å². The quantitative estimate of drug-likeness (QED) is 0.0551. The molecule has 47 heavy (non-hydrogen) atoms. The normalized spacial score (nSPS) is 10.9. The maximum atomic E-state index is 12.2. The minimum atomic E-state index is -2.45. The molecule has 0 spiro atoms. The molecule has 2 rings (SSSR count). The van der Waals surface area contributed by atoms with Crippen molar-refractivity contribution < 1.29 is 49.8 Å². The Labute approximate surface area is 295 Å². The summed E-state index contributed by atoms with van der Waals surface area (Å²) in [4.78, 5) is 22.8. The van der Waals surface area contributed by atoms with Gasteiger partial charge in [-0.3, -0.25) is 4.79 Å². The molecule has 1 atom stereocenters. The molecule has 0 aromatic heterocycles. The standard InChI is InChI=1S/C35H50O4Si.3CO.Fe/c1-5-6-13-23-32(38-30-36)24-20-22-31(37)21-14-9-7-8-10-19-29-39-40(35(2,3)4,33-25-15-11-16-26-33)34-27-17-12-18-28-34;3*1-2;/h11-12,15-18,20,22,24-28,32H,5-10,13-14,19,21,23,29H2,1-4H3;;;;/q-1;;;;+2/t32-;;;;/m0..../s1. The number of hydrogen-bond acceptors (Lipinski definition) is 4. The number of ketones is 1. The van der Waals surface area contributed by atoms with Gasteiger partial charge >= 0.3 is 51.0 Å². The molecule has 0 aliphatic carbocycles. The van der Waals surface area contributed by atoms with Crippen LogP contribution in [0.5, 0.6) is 0 Å². The van der Waals surface area contributed by atoms with Crippen molar-refractivity contribution in [3.63, 3.8) is 0 Å². The largest absolute Gasteiger partial charge is 2.00 e. The van der Waals surface area contributed by atoms with Crippen molar-refractivity contribution in [1.29, 1.82) is 0 Å². The van der Waals surface area contributed by atoms with E-state index in [0.717, 1.165) is 70.8 Å². The summed E-state index contributed by atoms with van der Waals surface area (Å²) < 4.78 is 34.4. The number of benzene rings is 2. The Hall–Kier alpha value is -2.50. The summed E-state index contributed by atoms with van der Waals surface area (Å²) in [6.07, 6.45) is 15.8. The van der Waals surface area contributed by atoms with Gasteiger partial charge in [0.15, 0.2) is 0 Å². The fraction of sp³-hybridized carbons (Fsp3) is 0.474. The molecular formula is C38H50FeO7Si+. The van der Waals surface area contributed by atoms with Gasteiger partial charge in [0.1, 0.15) is 5.78 Å². The molecule has 0 amide bonds. The first-order valence-corrected chi connectivity index (χ1v) is 17.7. The van der Waals surface area contributed by atoms with Crippen molar-refractivity contribution >= 4 is 30.9 Å². The molecule has 2 aromatic carbocycles. The summed E-state index contributed by atoms with van der Waals surface area (Å²) in [6, 6.07) is 21.6. The van der Waals surface area contributed by atoms with E-state index in [1.165, 1.54) is 16.8 Å². The van der Waals surface area contributed by atoms with Crippen LogP contribution in [0.2, 0.25) is 5.04 Å². The molecule has 0 bridgehead atoms. The molecule has 0 saturated heterocycles. The second kappa shape index (κ2) is 32.1. The van der Waals surface area contributed by atoms with Crippen LogP contribution < -0.4 is 10.4 Å². The maximum absolute atomic E-state index is 12.2. The Morgan fingerprint density at radius 3 is 1.77 bits per heavy atom. The second-order valence-corrected chi connectivity index (χ2v) is 15.9. The van der Waals surface area contributed by atoms with Gasteiger partial charge in [0.2, 0.25) is 0 Å². The summed E-state index contributed by atoms with van der Waals surface area (Å²) >= 11 is 0. The van der Waals surface area contributed by atoms with Crippen LogP contribution >= 0.6 is 0 Å². The first kappa shape index (κ1) is 48.9. The van der Waals surface area contributed by atoms with E-state index in [4.69, 9.17) is 23.1 Å². The molecule has 0 aliphatic rings. The minimum Gasteiger partial charge on any atom is 2.00 e. The summed E-state index contributed by atoms with van der Waals surface area (Å²) in [6.45, 7) is 24.9. The van der Waals surface area contributed by atoms with Crippen LogP contribution in [0.25, 0.3) is 0 Å². The predicted molar refractivity (Wildman–Crippen MR) is 180 cm³/mol. The molecule has 0 N–H and O–H groups in total. The number of carbonyl (C=O) groups is 1. The number of carbonyl (C=O) groups excluding carboxylic acids is 2. The smallest absolute Gasteiger partial charge is 2.00 e. The fourth-order valence-electron chi connectivity index (χ4n) is 5.32. The Kier molecular flexibility index (Phi) is 33.4. The van der Waals surface area contributed by atoms with Crippen LogP contribution in [-0.4, -0.2) is 33.3 Å². The van der Waals surface area contributed by atoms with Crippen molar-refractivity contribution in [3.05, 3.63) is 99.9 Å². The molecule has 0 aliphatic heterocycles. The van der Waals surface area contributed by atoms with E-state index < -0.39 is 8.32 Å². The third kappa shape index (κ3) is 19.8. The molecule has 0 saturated carbocycles. The van der Waals surface area contributed by atoms with Gasteiger partial charge in [0, 0.05) is 25.9 Å². The summed E-state index contributed by atoms with van der Waals surface area (Å²) in [5.74, 6) is 0.123. The maximum Gasteiger partial charge on any atom is 2.00 e. The van der Waals surface area contributed by atoms with Crippen LogP contribution in [0.3, 0.4) is 0 Å². The van der Waals surface area contributed by atoms with Crippen LogP contribution in [0.15, 0.2) is 60.7 Å². The number of Topliss-reactive ketones (excluding diaryl/α,β-unsaturated/α-hetero) is 1. The second-order valence-electron chi connectivity index (χ2n) is 11.6. The first-order chi connectivity index (χ1) is 22.3. The molecule has 9 heteroatoms. The van der Waals surface area contributed by atoms with Gasteiger partial charge in [-0.25, -0.2) is 0 Å². The first-order valence-electron chi connectivity index (χ1n) is 15.8. The number of unbranched alkanes of at least 4 members (excludes halogenated alkanes) is 7. The summed E-state index contributed by atoms with van der Waals surface area (Å²) in [5.41, 5.74) is 0. The molecule has 0 heterocycles. The van der Waals surface area contributed by atoms with Crippen molar-refractivity contribution in [3.8, 4) is 0 Å². The molecular weight excluding hydrogens is 652 g/mol. The zero-order valence-electron chi connectivity index (χ0n) is 28.3. The van der Waals surface area contributed by atoms with Gasteiger partial charge in [-0.05, 0) is 47.5 Å². The molecule has 2 aromatic rings. The van der Waals surface area contributed by atoms with Crippen LogP contribution in [0, 0.1) is 39.2 Å². The van der Waals surface area contributed by atoms with E-state index in [1.807, 2.05) is 0 Å². The number of hydrogen-bond donors (Lipinski definition) is 0. The molecule has 255 valence electrons. The van der Waals surface area contributed by atoms with Crippen molar-refractivity contribution in [2.24, 2.45) is 0 Å². The Morgan fingerprint density at radius 2 is 1.30 bits per heavy atom. The van der Waals surface area contributed by atoms with Crippen molar-refractivity contribution in [2.45, 2.75) is 109 Å². The number of ether oxygens (including phenoxy) is 1. The van der Waals surface area contributed by atoms with E-state index in [9.17, 15) is 9.59 Å². The molecule has 0 unspecified atom stereocenters. The molecule has 0 fully saturated rings. The van der Waals surface area contributed by atoms with Crippen LogP contribution in [-0.2, 0) is 49.8 Å². The van der Waals surface area contributed by atoms with Crippen LogP contribution in [0.1, 0.15) is 98.3 Å². The van der Waals surface area contributed by atoms with E-state index in [1.54, 1.807) is 19.3 Å². The van der Waals surface area contributed by atoms with E-state index in [0.29, 0.717) is 6.42 Å². The predicted octanol–water partition coefficient (Wildman–Crippen LogP) is 7.39. The van der Waals surface area contributed by atoms with E-state index >= 15 is 0 Å². The van der Waals surface area contributed by atoms with Gasteiger partial charge in [-0.2, -0.15) is 0 Å². The van der Waals surface area contributed by atoms with Crippen molar-refractivity contribution in [2.75, 3.05) is 6.61 Å². The number of rotatable bonds is 22. The average Bonchev–Trinajstić information content (AvgIpc) is 3.09. The summed E-state index contributed by atoms with van der Waals surface area (Å²) in [5, 5.41) is 2.66. The van der Waals surface area contributed by atoms with Gasteiger partial charge in [0.05, 0.1) is 6.10 Å². The zero-order valence-corrected chi connectivity index (χ0v) is 30.4. The van der Waals surface area contributed by atoms with E-state index in [-0.39, 0.29) is 34.0 Å². The molecule has 7 nitrogen and oxygen atoms in total. The Morgan fingerprint density at radius 1 is 0.809 bits per heavy atom. The average molecular weight is 703 g/mol. The Balaban J connectivity index is -0.00000261. The minimum absolute atomic E-state index is 0. The van der Waals surface area contributed by atoms with Crippen molar-refractivity contribution in [1.82, 2.24) is 0 Å². The summed E-state index contributed by atoms with van der Waals surface area (Å²) in [7, 11) is -2.45. The Bertz CT molecular complexity index is 1030. The third-order valence-electron chi connectivity index (χ3n) is 7.45. The van der Waals surface area contributed by atoms with Gasteiger partial charge in [-0.1, -0.05) is 133 Å². The SMILES string of the molecule is CCCCC[C@@H]([CH][CH][CH]C(=O)CCCCCCCCO[Si](c1ccccc1)(c1ccccc1)C(C)(C)C)O[C-]=O.[C-]#[O+].[C-]#[O+].[C-]#[O+].[Fe+2]. The topological polar surface area (TPSA) is 112 Å². The van der Waals surface area contributed by atoms with Gasteiger partial charge in [0.25, 0.3) is 8.32 Å². The van der Waals surface area contributed by atoms with Crippen LogP contribution in [0.4, 0.5) is 0 Å². The van der Waals surface area contributed by atoms with E-state index in [2.05, 4.69) is 108 Å². The monoisotopic (exact) mass is 702 g/mol. The molecule has 3 radical (unpaired) electrons. The third-order valence-corrected chi connectivity index (χ3v) is 12.5. The zero-order chi connectivity index (χ0) is 35.1.